The van der Waals surface area contributed by atoms with Crippen molar-refractivity contribution < 1.29 is 18.7 Å². The van der Waals surface area contributed by atoms with Crippen LogP contribution in [0.25, 0.3) is 0 Å². The van der Waals surface area contributed by atoms with Gasteiger partial charge in [0.25, 0.3) is 5.91 Å². The van der Waals surface area contributed by atoms with Gasteiger partial charge in [0.2, 0.25) is 0 Å². The third-order valence-corrected chi connectivity index (χ3v) is 4.82. The predicted molar refractivity (Wildman–Crippen MR) is 101 cm³/mol. The van der Waals surface area contributed by atoms with Gasteiger partial charge in [-0.2, -0.15) is 0 Å². The van der Waals surface area contributed by atoms with Gasteiger partial charge in [-0.15, -0.1) is 0 Å². The molecule has 140 valence electrons. The predicted octanol–water partition coefficient (Wildman–Crippen LogP) is 4.54. The molecule has 1 aromatic carbocycles. The molecule has 1 amide bonds. The second-order valence-corrected chi connectivity index (χ2v) is 6.87. The van der Waals surface area contributed by atoms with E-state index in [0.29, 0.717) is 24.5 Å². The van der Waals surface area contributed by atoms with Crippen LogP contribution in [0.1, 0.15) is 52.3 Å². The molecule has 2 heterocycles. The van der Waals surface area contributed by atoms with Crippen LogP contribution in [0, 0.1) is 20.8 Å². The van der Waals surface area contributed by atoms with Gasteiger partial charge in [0.15, 0.2) is 0 Å². The lowest BCUT2D eigenvalue weighted by Crippen LogP contribution is -2.24. The van der Waals surface area contributed by atoms with E-state index in [0.717, 1.165) is 42.0 Å². The van der Waals surface area contributed by atoms with Gasteiger partial charge in [0.1, 0.15) is 11.5 Å². The summed E-state index contributed by atoms with van der Waals surface area (Å²) in [6.45, 7) is 7.54. The summed E-state index contributed by atoms with van der Waals surface area (Å²) >= 11 is 0. The molecule has 1 aliphatic heterocycles. The van der Waals surface area contributed by atoms with Crippen molar-refractivity contribution in [3.05, 3.63) is 52.5 Å². The molecule has 3 rings (SSSR count). The third kappa shape index (κ3) is 4.54. The second-order valence-electron chi connectivity index (χ2n) is 6.87. The summed E-state index contributed by atoms with van der Waals surface area (Å²) in [7, 11) is 0. The Morgan fingerprint density at radius 1 is 1.23 bits per heavy atom. The number of aryl methyl sites for hydroxylation is 2. The van der Waals surface area contributed by atoms with Crippen LogP contribution in [0.4, 0.5) is 5.69 Å². The van der Waals surface area contributed by atoms with Crippen molar-refractivity contribution in [2.45, 2.75) is 52.7 Å². The van der Waals surface area contributed by atoms with E-state index in [9.17, 15) is 4.79 Å². The Balaban J connectivity index is 1.57. The molecule has 0 bridgehead atoms. The van der Waals surface area contributed by atoms with Gasteiger partial charge >= 0.3 is 0 Å². The van der Waals surface area contributed by atoms with Gasteiger partial charge in [-0.1, -0.05) is 12.1 Å². The number of furan rings is 1. The molecule has 0 unspecified atom stereocenters. The van der Waals surface area contributed by atoms with Crippen molar-refractivity contribution in [2.75, 3.05) is 18.5 Å². The molecular formula is C21H27NO4. The topological polar surface area (TPSA) is 60.7 Å². The van der Waals surface area contributed by atoms with Crippen molar-refractivity contribution >= 4 is 11.6 Å². The normalized spacial score (nSPS) is 17.3. The molecule has 1 aromatic heterocycles. The molecule has 1 aliphatic rings. The smallest absolute Gasteiger partial charge is 0.259 e. The van der Waals surface area contributed by atoms with Gasteiger partial charge in [-0.25, -0.2) is 0 Å². The van der Waals surface area contributed by atoms with Crippen molar-refractivity contribution in [3.8, 4) is 0 Å². The molecule has 1 fully saturated rings. The van der Waals surface area contributed by atoms with Crippen LogP contribution >= 0.6 is 0 Å². The van der Waals surface area contributed by atoms with Gasteiger partial charge in [0.05, 0.1) is 24.9 Å². The minimum absolute atomic E-state index is 0.148. The lowest BCUT2D eigenvalue weighted by Gasteiger charge is -2.22. The van der Waals surface area contributed by atoms with E-state index in [1.165, 1.54) is 6.42 Å². The molecule has 1 N–H and O–H groups in total. The number of benzene rings is 1. The zero-order valence-corrected chi connectivity index (χ0v) is 15.8. The minimum Gasteiger partial charge on any atom is -0.466 e. The van der Waals surface area contributed by atoms with E-state index < -0.39 is 0 Å². The van der Waals surface area contributed by atoms with Gasteiger partial charge in [0, 0.05) is 17.9 Å². The molecular weight excluding hydrogens is 330 g/mol. The van der Waals surface area contributed by atoms with Crippen molar-refractivity contribution in [3.63, 3.8) is 0 Å². The molecule has 0 radical (unpaired) electrons. The van der Waals surface area contributed by atoms with E-state index >= 15 is 0 Å². The number of hydrogen-bond acceptors (Lipinski definition) is 4. The van der Waals surface area contributed by atoms with E-state index in [-0.39, 0.29) is 12.0 Å². The summed E-state index contributed by atoms with van der Waals surface area (Å²) in [5.74, 6) is 1.27. The number of rotatable bonds is 6. The van der Waals surface area contributed by atoms with E-state index in [1.54, 1.807) is 0 Å². The van der Waals surface area contributed by atoms with Crippen molar-refractivity contribution in [2.24, 2.45) is 0 Å². The van der Waals surface area contributed by atoms with Crippen molar-refractivity contribution in [1.29, 1.82) is 0 Å². The van der Waals surface area contributed by atoms with Crippen LogP contribution in [0.15, 0.2) is 28.7 Å². The average Bonchev–Trinajstić information content (AvgIpc) is 2.88. The summed E-state index contributed by atoms with van der Waals surface area (Å²) in [5, 5.41) is 2.95. The van der Waals surface area contributed by atoms with Gasteiger partial charge in [-0.3, -0.25) is 4.79 Å². The number of amides is 1. The second kappa shape index (κ2) is 8.52. The molecule has 0 saturated carbocycles. The lowest BCUT2D eigenvalue weighted by atomic mass is 10.1. The van der Waals surface area contributed by atoms with E-state index in [2.05, 4.69) is 5.32 Å². The Morgan fingerprint density at radius 3 is 2.77 bits per heavy atom. The fraction of sp³-hybridized carbons (Fsp3) is 0.476. The van der Waals surface area contributed by atoms with Crippen LogP contribution in [0.3, 0.4) is 0 Å². The average molecular weight is 357 g/mol. The van der Waals surface area contributed by atoms with E-state index in [1.807, 2.05) is 45.0 Å². The first-order valence-electron chi connectivity index (χ1n) is 9.21. The highest BCUT2D eigenvalue weighted by molar-refractivity contribution is 6.06. The summed E-state index contributed by atoms with van der Waals surface area (Å²) in [6.07, 6.45) is 3.63. The third-order valence-electron chi connectivity index (χ3n) is 4.82. The number of ether oxygens (including phenoxy) is 2. The largest absolute Gasteiger partial charge is 0.466 e. The highest BCUT2D eigenvalue weighted by Gasteiger charge is 2.18. The number of carbonyl (C=O) groups excluding carboxylic acids is 1. The number of anilines is 1. The lowest BCUT2D eigenvalue weighted by molar-refractivity contribution is -0.0447. The molecule has 26 heavy (non-hydrogen) atoms. The summed E-state index contributed by atoms with van der Waals surface area (Å²) in [4.78, 5) is 12.6. The number of nitrogens with one attached hydrogen (secondary N) is 1. The first-order chi connectivity index (χ1) is 12.5. The number of carbonyl (C=O) groups is 1. The van der Waals surface area contributed by atoms with Gasteiger partial charge < -0.3 is 19.2 Å². The van der Waals surface area contributed by atoms with E-state index in [4.69, 9.17) is 13.9 Å². The zero-order valence-electron chi connectivity index (χ0n) is 15.8. The van der Waals surface area contributed by atoms with Crippen molar-refractivity contribution in [1.82, 2.24) is 0 Å². The van der Waals surface area contributed by atoms with Crippen LogP contribution in [-0.4, -0.2) is 25.2 Å². The molecule has 0 aliphatic carbocycles. The maximum Gasteiger partial charge on any atom is 0.259 e. The molecule has 1 saturated heterocycles. The molecule has 0 spiro atoms. The minimum atomic E-state index is -0.148. The van der Waals surface area contributed by atoms with Crippen LogP contribution in [0.5, 0.6) is 0 Å². The SMILES string of the molecule is Cc1oc(C)c(C(=O)Nc2cccc(COC[C@H]3CCCCO3)c2)c1C. The highest BCUT2D eigenvalue weighted by atomic mass is 16.5. The standard InChI is InChI=1S/C21H27NO4/c1-14-15(2)26-16(3)20(14)21(23)22-18-8-6-7-17(11-18)12-24-13-19-9-4-5-10-25-19/h6-8,11,19H,4-5,9-10,12-13H2,1-3H3,(H,22,23)/t19-/m1/s1. The van der Waals surface area contributed by atoms with Crippen LogP contribution < -0.4 is 5.32 Å². The number of hydrogen-bond donors (Lipinski definition) is 1. The van der Waals surface area contributed by atoms with Crippen LogP contribution in [-0.2, 0) is 16.1 Å². The van der Waals surface area contributed by atoms with Crippen LogP contribution in [0.2, 0.25) is 0 Å². The Hall–Kier alpha value is -2.11. The molecule has 1 atom stereocenters. The first-order valence-corrected chi connectivity index (χ1v) is 9.21. The summed E-state index contributed by atoms with van der Waals surface area (Å²) < 4.78 is 17.0. The quantitative estimate of drug-likeness (QED) is 0.824. The Labute approximate surface area is 154 Å². The monoisotopic (exact) mass is 357 g/mol. The fourth-order valence-corrected chi connectivity index (χ4v) is 3.31. The highest BCUT2D eigenvalue weighted by Crippen LogP contribution is 2.22. The Bertz CT molecular complexity index is 759. The maximum atomic E-state index is 12.6. The molecule has 5 heteroatoms. The molecule has 2 aromatic rings. The molecule has 5 nitrogen and oxygen atoms in total. The Kier molecular flexibility index (Phi) is 6.12. The first kappa shape index (κ1) is 18.7. The zero-order chi connectivity index (χ0) is 18.5. The fourth-order valence-electron chi connectivity index (χ4n) is 3.31. The Morgan fingerprint density at radius 2 is 2.08 bits per heavy atom. The maximum absolute atomic E-state index is 12.6. The van der Waals surface area contributed by atoms with Gasteiger partial charge in [-0.05, 0) is 57.7 Å². The summed E-state index contributed by atoms with van der Waals surface area (Å²) in [5.41, 5.74) is 3.27. The summed E-state index contributed by atoms with van der Waals surface area (Å²) in [6, 6.07) is 7.74.